The standard InChI is InChI=1S/C10H19N7O7S/c11-7-15-5-3(2-23-9(13)19)14-8(12)17-1-4(24-25(20,21)22)6(18)10(5,17)16-7/h3-6,8,14,18H,1-2,12H2,(H2,13,19)(H3,11,15,16)(H,20,21,22)/p+1. The van der Waals surface area contributed by atoms with Crippen LogP contribution in [0.5, 0.6) is 0 Å². The molecule has 2 fully saturated rings. The van der Waals surface area contributed by atoms with Crippen LogP contribution in [0.1, 0.15) is 0 Å². The molecule has 3 aliphatic rings. The monoisotopic (exact) mass is 382 g/mol. The van der Waals surface area contributed by atoms with Crippen LogP contribution in [0.25, 0.3) is 0 Å². The molecule has 0 saturated carbocycles. The first kappa shape index (κ1) is 18.1. The zero-order valence-corrected chi connectivity index (χ0v) is 13.6. The van der Waals surface area contributed by atoms with Crippen LogP contribution in [-0.4, -0.2) is 79.5 Å². The van der Waals surface area contributed by atoms with E-state index in [2.05, 4.69) is 19.8 Å². The van der Waals surface area contributed by atoms with E-state index in [1.54, 1.807) is 0 Å². The Hall–Kier alpha value is -1.75. The Bertz CT molecular complexity index is 702. The Morgan fingerprint density at radius 1 is 1.52 bits per heavy atom. The van der Waals surface area contributed by atoms with Crippen molar-refractivity contribution in [1.82, 2.24) is 10.6 Å². The molecule has 14 nitrogen and oxygen atoms in total. The van der Waals surface area contributed by atoms with Gasteiger partial charge >= 0.3 is 16.5 Å². The highest BCUT2D eigenvalue weighted by Crippen LogP contribution is 2.30. The van der Waals surface area contributed by atoms with E-state index in [1.807, 2.05) is 0 Å². The fraction of sp³-hybridized carbons (Fsp3) is 0.800. The largest absolute Gasteiger partial charge is 0.448 e. The summed E-state index contributed by atoms with van der Waals surface area (Å²) < 4.78 is 40.3. The number of amides is 1. The summed E-state index contributed by atoms with van der Waals surface area (Å²) >= 11 is 0. The van der Waals surface area contributed by atoms with Crippen LogP contribution in [0.2, 0.25) is 0 Å². The second-order valence-corrected chi connectivity index (χ2v) is 7.12. The number of hydrogen-bond donors (Lipinski definition) is 8. The van der Waals surface area contributed by atoms with Gasteiger partial charge in [0, 0.05) is 0 Å². The molecule has 15 heteroatoms. The molecule has 0 aromatic rings. The molecule has 0 radical (unpaired) electrons. The third-order valence-corrected chi connectivity index (χ3v) is 5.14. The Morgan fingerprint density at radius 3 is 2.80 bits per heavy atom. The maximum Gasteiger partial charge on any atom is 0.404 e. The molecule has 0 bridgehead atoms. The van der Waals surface area contributed by atoms with Gasteiger partial charge in [-0.3, -0.25) is 15.2 Å². The molecule has 25 heavy (non-hydrogen) atoms. The predicted molar refractivity (Wildman–Crippen MR) is 80.0 cm³/mol. The zero-order chi connectivity index (χ0) is 18.6. The molecule has 142 valence electrons. The molecule has 3 aliphatic heterocycles. The molecule has 3 rings (SSSR count). The van der Waals surface area contributed by atoms with E-state index in [4.69, 9.17) is 26.5 Å². The van der Waals surface area contributed by atoms with Crippen LogP contribution in [0.3, 0.4) is 0 Å². The number of aliphatic hydroxyl groups is 1. The Morgan fingerprint density at radius 2 is 2.20 bits per heavy atom. The number of nitrogens with two attached hydrogens (primary N) is 3. The zero-order valence-electron chi connectivity index (χ0n) is 12.8. The number of rotatable bonds is 4. The number of ether oxygens (including phenoxy) is 1. The normalized spacial score (nSPS) is 42.9. The van der Waals surface area contributed by atoms with Gasteiger partial charge < -0.3 is 26.6 Å². The van der Waals surface area contributed by atoms with Crippen molar-refractivity contribution in [3.8, 4) is 0 Å². The summed E-state index contributed by atoms with van der Waals surface area (Å²) in [6.45, 7) is -0.261. The minimum Gasteiger partial charge on any atom is -0.448 e. The molecule has 0 aromatic heterocycles. The van der Waals surface area contributed by atoms with Crippen molar-refractivity contribution in [2.24, 2.45) is 22.2 Å². The van der Waals surface area contributed by atoms with Crippen LogP contribution in [-0.2, 0) is 19.3 Å². The van der Waals surface area contributed by atoms with Crippen molar-refractivity contribution in [3.05, 3.63) is 0 Å². The third-order valence-electron chi connectivity index (χ3n) is 4.65. The lowest BCUT2D eigenvalue weighted by Gasteiger charge is -2.47. The fourth-order valence-electron chi connectivity index (χ4n) is 3.84. The molecular formula is C10H20N7O7S+. The van der Waals surface area contributed by atoms with E-state index >= 15 is 0 Å². The molecule has 1 amide bonds. The van der Waals surface area contributed by atoms with Gasteiger partial charge in [-0.1, -0.05) is 0 Å². The van der Waals surface area contributed by atoms with Crippen LogP contribution in [0, 0.1) is 0 Å². The number of aliphatic hydroxyl groups excluding tert-OH is 1. The highest BCUT2D eigenvalue weighted by Gasteiger charge is 2.71. The van der Waals surface area contributed by atoms with E-state index in [-0.39, 0.29) is 19.1 Å². The summed E-state index contributed by atoms with van der Waals surface area (Å²) in [5.74, 6) is -0.00553. The first-order chi connectivity index (χ1) is 11.5. The smallest absolute Gasteiger partial charge is 0.404 e. The van der Waals surface area contributed by atoms with Crippen molar-refractivity contribution in [3.63, 3.8) is 0 Å². The average molecular weight is 382 g/mol. The van der Waals surface area contributed by atoms with Gasteiger partial charge in [0.1, 0.15) is 19.2 Å². The molecule has 0 aliphatic carbocycles. The van der Waals surface area contributed by atoms with Gasteiger partial charge in [-0.15, -0.1) is 0 Å². The van der Waals surface area contributed by atoms with Gasteiger partial charge in [-0.25, -0.2) is 19.3 Å². The minimum absolute atomic E-state index is 0.00553. The Kier molecular flexibility index (Phi) is 4.26. The molecule has 7 atom stereocenters. The molecule has 3 heterocycles. The van der Waals surface area contributed by atoms with Crippen LogP contribution >= 0.6 is 0 Å². The second-order valence-electron chi connectivity index (χ2n) is 6.07. The lowest BCUT2D eigenvalue weighted by atomic mass is 9.87. The van der Waals surface area contributed by atoms with E-state index in [0.717, 1.165) is 0 Å². The predicted octanol–water partition coefficient (Wildman–Crippen LogP) is -6.27. The molecule has 0 aromatic carbocycles. The van der Waals surface area contributed by atoms with Crippen molar-refractivity contribution in [2.45, 2.75) is 36.2 Å². The number of aliphatic imine (C=N–C) groups is 1. The number of quaternary nitrogens is 1. The molecule has 2 saturated heterocycles. The van der Waals surface area contributed by atoms with Crippen molar-refractivity contribution in [1.29, 1.82) is 0 Å². The molecule has 7 unspecified atom stereocenters. The highest BCUT2D eigenvalue weighted by atomic mass is 32.3. The van der Waals surface area contributed by atoms with Gasteiger partial charge in [0.05, 0.1) is 6.04 Å². The number of nitrogens with zero attached hydrogens (tertiary/aromatic N) is 1. The van der Waals surface area contributed by atoms with Crippen molar-refractivity contribution in [2.75, 3.05) is 13.2 Å². The lowest BCUT2D eigenvalue weighted by molar-refractivity contribution is -0.977. The molecule has 11 N–H and O–H groups in total. The maximum atomic E-state index is 11.0. The number of hydrogen-bond acceptors (Lipinski definition) is 11. The molecular weight excluding hydrogens is 362 g/mol. The SMILES string of the molecule is NC(=O)OCC1NC(N)[NH+]2CC(OS(=O)(=O)O)C(O)C23NC(N)=NC13. The van der Waals surface area contributed by atoms with Crippen LogP contribution in [0.15, 0.2) is 4.99 Å². The summed E-state index contributed by atoms with van der Waals surface area (Å²) in [7, 11) is -4.80. The molecule has 1 spiro atoms. The van der Waals surface area contributed by atoms with Gasteiger partial charge in [0.25, 0.3) is 0 Å². The first-order valence-electron chi connectivity index (χ1n) is 7.30. The van der Waals surface area contributed by atoms with Crippen molar-refractivity contribution < 1.29 is 36.7 Å². The van der Waals surface area contributed by atoms with E-state index in [1.165, 1.54) is 0 Å². The van der Waals surface area contributed by atoms with Crippen molar-refractivity contribution >= 4 is 22.5 Å². The number of carbonyl (C=O) groups excluding carboxylic acids is 1. The number of carbonyl (C=O) groups is 1. The quantitative estimate of drug-likeness (QED) is 0.213. The Balaban J connectivity index is 1.93. The topological polar surface area (TPSA) is 229 Å². The summed E-state index contributed by atoms with van der Waals surface area (Å²) in [4.78, 5) is 15.5. The maximum absolute atomic E-state index is 11.0. The van der Waals surface area contributed by atoms with Gasteiger partial charge in [0.15, 0.2) is 24.5 Å². The summed E-state index contributed by atoms with van der Waals surface area (Å²) in [6, 6.07) is -1.43. The van der Waals surface area contributed by atoms with E-state index in [0.29, 0.717) is 4.90 Å². The average Bonchev–Trinajstić information content (AvgIpc) is 2.95. The number of guanidine groups is 1. The lowest BCUT2D eigenvalue weighted by Crippen LogP contribution is -3.30. The minimum atomic E-state index is -4.80. The summed E-state index contributed by atoms with van der Waals surface area (Å²) in [5, 5.41) is 16.5. The van der Waals surface area contributed by atoms with Gasteiger partial charge in [-0.2, -0.15) is 8.42 Å². The second kappa shape index (κ2) is 5.90. The van der Waals surface area contributed by atoms with Gasteiger partial charge in [-0.05, 0) is 0 Å². The summed E-state index contributed by atoms with van der Waals surface area (Å²) in [6.07, 6.45) is -4.54. The van der Waals surface area contributed by atoms with E-state index < -0.39 is 52.7 Å². The Labute approximate surface area is 142 Å². The van der Waals surface area contributed by atoms with E-state index in [9.17, 15) is 18.3 Å². The third kappa shape index (κ3) is 2.99. The van der Waals surface area contributed by atoms with Gasteiger partial charge in [0.2, 0.25) is 5.66 Å². The first-order valence-corrected chi connectivity index (χ1v) is 8.66. The van der Waals surface area contributed by atoms with Crippen LogP contribution in [0.4, 0.5) is 4.79 Å². The fourth-order valence-corrected chi connectivity index (χ4v) is 4.32. The number of nitrogens with one attached hydrogen (secondary N) is 3. The number of primary amides is 1. The summed E-state index contributed by atoms with van der Waals surface area (Å²) in [5.41, 5.74) is 15.5. The highest BCUT2D eigenvalue weighted by molar-refractivity contribution is 7.80. The van der Waals surface area contributed by atoms with Crippen LogP contribution < -0.4 is 32.7 Å².